The van der Waals surface area contributed by atoms with E-state index in [1.807, 2.05) is 13.8 Å². The molecule has 0 aliphatic carbocycles. The van der Waals surface area contributed by atoms with Crippen molar-refractivity contribution in [1.29, 1.82) is 0 Å². The summed E-state index contributed by atoms with van der Waals surface area (Å²) in [5.41, 5.74) is 0.403. The number of benzene rings is 1. The van der Waals surface area contributed by atoms with Gasteiger partial charge >= 0.3 is 0 Å². The molecule has 0 spiro atoms. The van der Waals surface area contributed by atoms with Gasteiger partial charge in [0.05, 0.1) is 16.2 Å². The lowest BCUT2D eigenvalue weighted by molar-refractivity contribution is -0.120. The third-order valence-electron chi connectivity index (χ3n) is 3.81. The van der Waals surface area contributed by atoms with E-state index in [2.05, 4.69) is 10.3 Å². The van der Waals surface area contributed by atoms with Gasteiger partial charge in [-0.05, 0) is 38.0 Å². The first-order valence-corrected chi connectivity index (χ1v) is 9.87. The van der Waals surface area contributed by atoms with E-state index in [1.54, 1.807) is 29.9 Å². The summed E-state index contributed by atoms with van der Waals surface area (Å²) in [6, 6.07) is 5.04. The van der Waals surface area contributed by atoms with E-state index in [0.29, 0.717) is 47.2 Å². The topological polar surface area (TPSA) is 73.2 Å². The Hall–Kier alpha value is -1.57. The van der Waals surface area contributed by atoms with Crippen molar-refractivity contribution < 1.29 is 9.53 Å². The van der Waals surface area contributed by atoms with Gasteiger partial charge in [-0.25, -0.2) is 4.98 Å². The second kappa shape index (κ2) is 9.94. The van der Waals surface area contributed by atoms with Crippen molar-refractivity contribution in [2.45, 2.75) is 43.6 Å². The van der Waals surface area contributed by atoms with Crippen molar-refractivity contribution in [1.82, 2.24) is 14.9 Å². The summed E-state index contributed by atoms with van der Waals surface area (Å²) in [4.78, 5) is 29.7. The highest BCUT2D eigenvalue weighted by Crippen LogP contribution is 2.24. The van der Waals surface area contributed by atoms with Gasteiger partial charge in [0, 0.05) is 31.8 Å². The van der Waals surface area contributed by atoms with Gasteiger partial charge in [0.25, 0.3) is 5.56 Å². The third kappa shape index (κ3) is 5.22. The van der Waals surface area contributed by atoms with Crippen LogP contribution in [0.4, 0.5) is 0 Å². The number of carbonyl (C=O) groups is 1. The highest BCUT2D eigenvalue weighted by Gasteiger charge is 2.19. The highest BCUT2D eigenvalue weighted by molar-refractivity contribution is 8.00. The van der Waals surface area contributed by atoms with E-state index >= 15 is 0 Å². The molecule has 26 heavy (non-hydrogen) atoms. The van der Waals surface area contributed by atoms with E-state index in [4.69, 9.17) is 16.3 Å². The maximum absolute atomic E-state index is 12.9. The van der Waals surface area contributed by atoms with E-state index in [-0.39, 0.29) is 16.7 Å². The van der Waals surface area contributed by atoms with Crippen LogP contribution in [-0.2, 0) is 16.1 Å². The minimum absolute atomic E-state index is 0.0688. The number of hydrogen-bond donors (Lipinski definition) is 1. The predicted molar refractivity (Wildman–Crippen MR) is 106 cm³/mol. The van der Waals surface area contributed by atoms with Crippen molar-refractivity contribution in [2.24, 2.45) is 0 Å². The summed E-state index contributed by atoms with van der Waals surface area (Å²) in [7, 11) is 1.62. The molecule has 142 valence electrons. The normalized spacial score (nSPS) is 12.3. The molecule has 1 unspecified atom stereocenters. The molecule has 2 rings (SSSR count). The van der Waals surface area contributed by atoms with Crippen LogP contribution >= 0.6 is 23.4 Å². The zero-order valence-electron chi connectivity index (χ0n) is 15.3. The molecule has 1 amide bonds. The molecule has 1 N–H and O–H groups in total. The smallest absolute Gasteiger partial charge is 0.262 e. The first-order valence-electron chi connectivity index (χ1n) is 8.61. The van der Waals surface area contributed by atoms with Crippen molar-refractivity contribution in [2.75, 3.05) is 20.3 Å². The molecule has 0 radical (unpaired) electrons. The fourth-order valence-corrected chi connectivity index (χ4v) is 3.56. The van der Waals surface area contributed by atoms with Gasteiger partial charge < -0.3 is 10.1 Å². The Morgan fingerprint density at radius 1 is 1.46 bits per heavy atom. The maximum Gasteiger partial charge on any atom is 0.262 e. The van der Waals surface area contributed by atoms with Gasteiger partial charge in [0.15, 0.2) is 5.16 Å². The lowest BCUT2D eigenvalue weighted by Gasteiger charge is -2.16. The van der Waals surface area contributed by atoms with Gasteiger partial charge in [-0.2, -0.15) is 0 Å². The summed E-state index contributed by atoms with van der Waals surface area (Å²) in [6.45, 7) is 5.46. The lowest BCUT2D eigenvalue weighted by atomic mass is 10.2. The second-order valence-electron chi connectivity index (χ2n) is 5.91. The van der Waals surface area contributed by atoms with Crippen molar-refractivity contribution in [3.8, 4) is 0 Å². The molecule has 6 nitrogen and oxygen atoms in total. The van der Waals surface area contributed by atoms with Crippen LogP contribution in [0, 0.1) is 0 Å². The van der Waals surface area contributed by atoms with E-state index in [1.165, 1.54) is 11.8 Å². The first-order chi connectivity index (χ1) is 12.5. The minimum atomic E-state index is -0.362. The molecule has 2 aromatic rings. The Morgan fingerprint density at radius 2 is 2.23 bits per heavy atom. The Morgan fingerprint density at radius 3 is 2.92 bits per heavy atom. The zero-order valence-corrected chi connectivity index (χ0v) is 16.8. The molecular weight excluding hydrogens is 374 g/mol. The Labute approximate surface area is 162 Å². The number of nitrogens with zero attached hydrogens (tertiary/aromatic N) is 2. The lowest BCUT2D eigenvalue weighted by Crippen LogP contribution is -2.32. The van der Waals surface area contributed by atoms with Crippen LogP contribution in [0.25, 0.3) is 10.9 Å². The molecular formula is C18H24ClN3O3S. The summed E-state index contributed by atoms with van der Waals surface area (Å²) in [5.74, 6) is -0.0688. The van der Waals surface area contributed by atoms with Crippen molar-refractivity contribution >= 4 is 40.2 Å². The van der Waals surface area contributed by atoms with Gasteiger partial charge in [-0.15, -0.1) is 0 Å². The molecule has 0 saturated carbocycles. The number of carbonyl (C=O) groups excluding carboxylic acids is 1. The second-order valence-corrected chi connectivity index (χ2v) is 7.65. The number of amides is 1. The van der Waals surface area contributed by atoms with Crippen LogP contribution in [-0.4, -0.2) is 41.0 Å². The van der Waals surface area contributed by atoms with Crippen molar-refractivity contribution in [3.05, 3.63) is 33.6 Å². The van der Waals surface area contributed by atoms with Gasteiger partial charge in [-0.3, -0.25) is 14.2 Å². The molecule has 0 aliphatic heterocycles. The number of methoxy groups -OCH3 is 1. The van der Waals surface area contributed by atoms with E-state index < -0.39 is 0 Å². The first kappa shape index (κ1) is 20.7. The number of hydrogen-bond acceptors (Lipinski definition) is 5. The Bertz CT molecular complexity index is 825. The molecule has 1 heterocycles. The monoisotopic (exact) mass is 397 g/mol. The molecule has 0 fully saturated rings. The molecule has 8 heteroatoms. The van der Waals surface area contributed by atoms with Crippen LogP contribution in [0.1, 0.15) is 26.7 Å². The van der Waals surface area contributed by atoms with Crippen LogP contribution in [0.5, 0.6) is 0 Å². The highest BCUT2D eigenvalue weighted by atomic mass is 35.5. The molecule has 0 aliphatic rings. The summed E-state index contributed by atoms with van der Waals surface area (Å²) < 4.78 is 6.70. The predicted octanol–water partition coefficient (Wildman–Crippen LogP) is 3.09. The number of nitrogens with one attached hydrogen (secondary N) is 1. The number of halogens is 1. The number of thioether (sulfide) groups is 1. The molecule has 0 bridgehead atoms. The molecule has 0 saturated heterocycles. The van der Waals surface area contributed by atoms with E-state index in [9.17, 15) is 9.59 Å². The number of aromatic nitrogens is 2. The molecule has 1 aromatic heterocycles. The Kier molecular flexibility index (Phi) is 7.93. The maximum atomic E-state index is 12.9. The summed E-state index contributed by atoms with van der Waals surface area (Å²) >= 11 is 7.32. The summed E-state index contributed by atoms with van der Waals surface area (Å²) in [5, 5.41) is 4.05. The molecule has 1 aromatic carbocycles. The number of fused-ring (bicyclic) bond motifs is 1. The fourth-order valence-electron chi connectivity index (χ4n) is 2.43. The number of rotatable bonds is 9. The minimum Gasteiger partial charge on any atom is -0.385 e. The van der Waals surface area contributed by atoms with Gasteiger partial charge in [0.1, 0.15) is 0 Å². The average Bonchev–Trinajstić information content (AvgIpc) is 2.61. The van der Waals surface area contributed by atoms with Gasteiger partial charge in [-0.1, -0.05) is 30.3 Å². The number of ether oxygens (including phenoxy) is 1. The van der Waals surface area contributed by atoms with Crippen LogP contribution in [0.3, 0.4) is 0 Å². The molecule has 1 atom stereocenters. The zero-order chi connectivity index (χ0) is 19.1. The van der Waals surface area contributed by atoms with Crippen molar-refractivity contribution in [3.63, 3.8) is 0 Å². The standard InChI is InChI=1S/C18H24ClN3O3S/c1-4-8-20-16(23)12(2)26-18-21-15-11-13(19)6-7-14(15)17(24)22(18)9-5-10-25-3/h6-7,11-12H,4-5,8-10H2,1-3H3,(H,20,23). The van der Waals surface area contributed by atoms with E-state index in [0.717, 1.165) is 6.42 Å². The van der Waals surface area contributed by atoms with Crippen LogP contribution in [0.2, 0.25) is 5.02 Å². The van der Waals surface area contributed by atoms with Crippen LogP contribution in [0.15, 0.2) is 28.2 Å². The quantitative estimate of drug-likeness (QED) is 0.400. The summed E-state index contributed by atoms with van der Waals surface area (Å²) in [6.07, 6.45) is 1.55. The largest absolute Gasteiger partial charge is 0.385 e. The van der Waals surface area contributed by atoms with Gasteiger partial charge in [0.2, 0.25) is 5.91 Å². The fraction of sp³-hybridized carbons (Fsp3) is 0.500. The van der Waals surface area contributed by atoms with Crippen LogP contribution < -0.4 is 10.9 Å². The Balaban J connectivity index is 2.38. The third-order valence-corrected chi connectivity index (χ3v) is 5.14. The average molecular weight is 398 g/mol. The SMILES string of the molecule is CCCNC(=O)C(C)Sc1nc2cc(Cl)ccc2c(=O)n1CCCOC.